The van der Waals surface area contributed by atoms with Gasteiger partial charge in [0.1, 0.15) is 11.3 Å². The molecule has 2 aliphatic heterocycles. The summed E-state index contributed by atoms with van der Waals surface area (Å²) in [7, 11) is 0. The maximum Gasteiger partial charge on any atom is 0.256 e. The van der Waals surface area contributed by atoms with Crippen LogP contribution in [0.2, 0.25) is 0 Å². The summed E-state index contributed by atoms with van der Waals surface area (Å²) in [5.41, 5.74) is 6.25. The normalized spacial score (nSPS) is 17.0. The number of H-pyrrole nitrogens is 1. The van der Waals surface area contributed by atoms with Crippen LogP contribution in [0.5, 0.6) is 0 Å². The number of aromatic amines is 1. The monoisotopic (exact) mass is 572 g/mol. The summed E-state index contributed by atoms with van der Waals surface area (Å²) in [5, 5.41) is 0. The molecule has 8 nitrogen and oxygen atoms in total. The third-order valence-corrected chi connectivity index (χ3v) is 8.35. The average Bonchev–Trinajstić information content (AvgIpc) is 3.52. The number of benzene rings is 2. The van der Waals surface area contributed by atoms with E-state index in [9.17, 15) is 9.59 Å². The fraction of sp³-hybridized carbons (Fsp3) is 0.310. The molecule has 1 unspecified atom stereocenters. The summed E-state index contributed by atoms with van der Waals surface area (Å²) in [6.07, 6.45) is 3.57. The van der Waals surface area contributed by atoms with Crippen molar-refractivity contribution in [2.75, 3.05) is 19.6 Å². The van der Waals surface area contributed by atoms with Gasteiger partial charge in [0.25, 0.3) is 5.91 Å². The van der Waals surface area contributed by atoms with Crippen LogP contribution in [-0.2, 0) is 17.8 Å². The predicted molar refractivity (Wildman–Crippen MR) is 150 cm³/mol. The number of halogens is 1. The van der Waals surface area contributed by atoms with Gasteiger partial charge in [0.15, 0.2) is 0 Å². The zero-order valence-electron chi connectivity index (χ0n) is 21.4. The van der Waals surface area contributed by atoms with E-state index in [-0.39, 0.29) is 17.9 Å². The number of hydrogen-bond donors (Lipinski definition) is 1. The number of fused-ring (bicyclic) bond motifs is 1. The highest BCUT2D eigenvalue weighted by Gasteiger charge is 2.40. The molecule has 194 valence electrons. The van der Waals surface area contributed by atoms with Gasteiger partial charge in [0, 0.05) is 42.6 Å². The van der Waals surface area contributed by atoms with Crippen LogP contribution < -0.4 is 0 Å². The number of amides is 2. The maximum absolute atomic E-state index is 14.1. The summed E-state index contributed by atoms with van der Waals surface area (Å²) in [5.74, 6) is 1.14. The van der Waals surface area contributed by atoms with Crippen LogP contribution in [0.3, 0.4) is 0 Å². The third-order valence-electron chi connectivity index (χ3n) is 7.69. The van der Waals surface area contributed by atoms with Crippen LogP contribution in [0, 0.1) is 0 Å². The van der Waals surface area contributed by atoms with Crippen molar-refractivity contribution in [2.45, 2.75) is 38.8 Å². The molecule has 9 heteroatoms. The maximum atomic E-state index is 14.1. The number of carbonyl (C=O) groups excluding carboxylic acids is 2. The van der Waals surface area contributed by atoms with Gasteiger partial charge in [-0.3, -0.25) is 9.59 Å². The molecule has 4 heterocycles. The van der Waals surface area contributed by atoms with Crippen molar-refractivity contribution < 1.29 is 9.59 Å². The van der Waals surface area contributed by atoms with E-state index in [1.165, 1.54) is 11.6 Å². The Labute approximate surface area is 229 Å². The SMILES string of the molecule is C=CC(=O)N1CCc2nc(-c3ccc(C(C)C)cc3)n3c2C(C1)N(C(=O)c1ccc(Br)c2[nH]cnc12)CC3. The summed E-state index contributed by atoms with van der Waals surface area (Å²) >= 11 is 3.54. The molecule has 1 N–H and O–H groups in total. The topological polar surface area (TPSA) is 87.1 Å². The number of aromatic nitrogens is 4. The van der Waals surface area contributed by atoms with Gasteiger partial charge >= 0.3 is 0 Å². The number of imidazole rings is 2. The van der Waals surface area contributed by atoms with Crippen molar-refractivity contribution in [2.24, 2.45) is 0 Å². The standard InChI is InChI=1S/C29H29BrN6O2/c1-4-24(37)34-12-11-22-27-23(15-34)35(29(38)20-9-10-21(30)26-25(20)31-16-32-26)13-14-36(27)28(33-22)19-7-5-18(6-8-19)17(2)3/h4-10,16-17,23H,1,11-15H2,2-3H3,(H,31,32). The van der Waals surface area contributed by atoms with E-state index < -0.39 is 0 Å². The second kappa shape index (κ2) is 9.54. The van der Waals surface area contributed by atoms with E-state index in [0.717, 1.165) is 32.8 Å². The smallest absolute Gasteiger partial charge is 0.256 e. The molecule has 2 aliphatic rings. The van der Waals surface area contributed by atoms with E-state index in [1.54, 1.807) is 11.2 Å². The lowest BCUT2D eigenvalue weighted by molar-refractivity contribution is -0.126. The molecule has 2 aromatic heterocycles. The molecule has 0 spiro atoms. The molecule has 0 aliphatic carbocycles. The summed E-state index contributed by atoms with van der Waals surface area (Å²) < 4.78 is 3.10. The Hall–Kier alpha value is -3.72. The van der Waals surface area contributed by atoms with E-state index in [2.05, 4.69) is 75.2 Å². The molecule has 38 heavy (non-hydrogen) atoms. The van der Waals surface area contributed by atoms with Crippen molar-refractivity contribution in [1.29, 1.82) is 0 Å². The van der Waals surface area contributed by atoms with Crippen molar-refractivity contribution in [3.8, 4) is 11.4 Å². The minimum atomic E-state index is -0.327. The third kappa shape index (κ3) is 3.96. The first kappa shape index (κ1) is 24.6. The number of rotatable bonds is 4. The molecule has 0 saturated carbocycles. The summed E-state index contributed by atoms with van der Waals surface area (Å²) in [6.45, 7) is 10.1. The number of hydrogen-bond acceptors (Lipinski definition) is 4. The molecule has 0 fully saturated rings. The molecule has 0 saturated heterocycles. The Balaban J connectivity index is 1.44. The predicted octanol–water partition coefficient (Wildman–Crippen LogP) is 5.08. The van der Waals surface area contributed by atoms with Gasteiger partial charge in [-0.05, 0) is 45.6 Å². The van der Waals surface area contributed by atoms with Gasteiger partial charge in [-0.15, -0.1) is 0 Å². The highest BCUT2D eigenvalue weighted by atomic mass is 79.9. The second-order valence-corrected chi connectivity index (χ2v) is 11.0. The van der Waals surface area contributed by atoms with Gasteiger partial charge in [-0.1, -0.05) is 44.7 Å². The molecule has 4 aromatic rings. The zero-order chi connectivity index (χ0) is 26.6. The number of carbonyl (C=O) groups is 2. The Kier molecular flexibility index (Phi) is 6.18. The van der Waals surface area contributed by atoms with Crippen LogP contribution in [0.4, 0.5) is 0 Å². The lowest BCUT2D eigenvalue weighted by atomic mass is 10.0. The van der Waals surface area contributed by atoms with Gasteiger partial charge in [-0.25, -0.2) is 9.97 Å². The fourth-order valence-corrected chi connectivity index (χ4v) is 6.11. The molecule has 0 bridgehead atoms. The molecule has 2 aromatic carbocycles. The average molecular weight is 573 g/mol. The van der Waals surface area contributed by atoms with Gasteiger partial charge < -0.3 is 19.4 Å². The van der Waals surface area contributed by atoms with Gasteiger partial charge in [0.2, 0.25) is 5.91 Å². The Morgan fingerprint density at radius 2 is 1.92 bits per heavy atom. The minimum Gasteiger partial charge on any atom is -0.344 e. The van der Waals surface area contributed by atoms with Crippen LogP contribution in [0.25, 0.3) is 22.4 Å². The molecule has 2 amide bonds. The minimum absolute atomic E-state index is 0.103. The van der Waals surface area contributed by atoms with Crippen molar-refractivity contribution in [3.63, 3.8) is 0 Å². The molecular weight excluding hydrogens is 544 g/mol. The van der Waals surface area contributed by atoms with E-state index in [1.807, 2.05) is 17.0 Å². The number of nitrogens with zero attached hydrogens (tertiary/aromatic N) is 5. The molecular formula is C29H29BrN6O2. The van der Waals surface area contributed by atoms with Gasteiger partial charge in [-0.2, -0.15) is 0 Å². The van der Waals surface area contributed by atoms with E-state index >= 15 is 0 Å². The first-order valence-corrected chi connectivity index (χ1v) is 13.7. The molecule has 6 rings (SSSR count). The Morgan fingerprint density at radius 3 is 2.66 bits per heavy atom. The van der Waals surface area contributed by atoms with E-state index in [4.69, 9.17) is 4.98 Å². The summed E-state index contributed by atoms with van der Waals surface area (Å²) in [6, 6.07) is 12.0. The largest absolute Gasteiger partial charge is 0.344 e. The zero-order valence-corrected chi connectivity index (χ0v) is 23.0. The van der Waals surface area contributed by atoms with Crippen LogP contribution in [-0.4, -0.2) is 60.8 Å². The van der Waals surface area contributed by atoms with Crippen LogP contribution in [0.1, 0.15) is 53.1 Å². The molecule has 1 atom stereocenters. The lowest BCUT2D eigenvalue weighted by Gasteiger charge is -2.38. The van der Waals surface area contributed by atoms with Crippen molar-refractivity contribution in [1.82, 2.24) is 29.3 Å². The van der Waals surface area contributed by atoms with Crippen LogP contribution in [0.15, 0.2) is 59.9 Å². The van der Waals surface area contributed by atoms with Crippen LogP contribution >= 0.6 is 15.9 Å². The Morgan fingerprint density at radius 1 is 1.13 bits per heavy atom. The van der Waals surface area contributed by atoms with Crippen molar-refractivity contribution in [3.05, 3.63) is 82.4 Å². The second-order valence-electron chi connectivity index (χ2n) is 10.2. The first-order valence-electron chi connectivity index (χ1n) is 12.9. The molecule has 0 radical (unpaired) electrons. The highest BCUT2D eigenvalue weighted by molar-refractivity contribution is 9.10. The van der Waals surface area contributed by atoms with Gasteiger partial charge in [0.05, 0.1) is 34.8 Å². The Bertz CT molecular complexity index is 1570. The summed E-state index contributed by atoms with van der Waals surface area (Å²) in [4.78, 5) is 43.1. The lowest BCUT2D eigenvalue weighted by Crippen LogP contribution is -2.47. The fourth-order valence-electron chi connectivity index (χ4n) is 5.67. The van der Waals surface area contributed by atoms with Crippen molar-refractivity contribution >= 4 is 38.8 Å². The quantitative estimate of drug-likeness (QED) is 0.345. The number of nitrogens with one attached hydrogen (secondary N) is 1. The van der Waals surface area contributed by atoms with E-state index in [0.29, 0.717) is 49.6 Å². The first-order chi connectivity index (χ1) is 18.4. The highest BCUT2D eigenvalue weighted by Crippen LogP contribution is 2.38.